The van der Waals surface area contributed by atoms with Crippen molar-refractivity contribution in [3.05, 3.63) is 65.7 Å². The van der Waals surface area contributed by atoms with Crippen molar-refractivity contribution in [3.8, 4) is 11.5 Å². The van der Waals surface area contributed by atoms with E-state index in [4.69, 9.17) is 9.47 Å². The van der Waals surface area contributed by atoms with E-state index in [1.165, 1.54) is 6.42 Å². The molecule has 1 saturated carbocycles. The standard InChI is InChI=1S/C31H41N3O4/c1-37-28-16-14-27(15-17-28)31(36)34-23-20-32(21-24-34)19-22-33(30(35)26-10-4-3-5-11-26)18-8-12-25-9-6-7-13-29(25)38-2/h6-9,12-17,26H,3-5,10-11,18-24H2,1-2H3. The molecule has 204 valence electrons. The topological polar surface area (TPSA) is 62.3 Å². The van der Waals surface area contributed by atoms with Gasteiger partial charge in [0.1, 0.15) is 11.5 Å². The molecular weight excluding hydrogens is 478 g/mol. The molecule has 2 fully saturated rings. The maximum atomic E-state index is 13.5. The number of hydrogen-bond acceptors (Lipinski definition) is 5. The van der Waals surface area contributed by atoms with Gasteiger partial charge in [-0.25, -0.2) is 0 Å². The summed E-state index contributed by atoms with van der Waals surface area (Å²) in [7, 11) is 3.30. The lowest BCUT2D eigenvalue weighted by atomic mass is 9.88. The van der Waals surface area contributed by atoms with Crippen molar-refractivity contribution < 1.29 is 19.1 Å². The average Bonchev–Trinajstić information content (AvgIpc) is 2.99. The number of para-hydroxylation sites is 1. The van der Waals surface area contributed by atoms with Crippen molar-refractivity contribution in [1.29, 1.82) is 0 Å². The molecule has 7 nitrogen and oxygen atoms in total. The lowest BCUT2D eigenvalue weighted by molar-refractivity contribution is -0.136. The summed E-state index contributed by atoms with van der Waals surface area (Å²) in [6.07, 6.45) is 9.64. The Labute approximate surface area is 227 Å². The molecule has 0 aromatic heterocycles. The number of ether oxygens (including phenoxy) is 2. The van der Waals surface area contributed by atoms with Gasteiger partial charge in [-0.2, -0.15) is 0 Å². The second kappa shape index (κ2) is 14.0. The predicted octanol–water partition coefficient (Wildman–Crippen LogP) is 4.58. The van der Waals surface area contributed by atoms with Gasteiger partial charge in [0.05, 0.1) is 14.2 Å². The molecule has 2 aliphatic rings. The lowest BCUT2D eigenvalue weighted by Crippen LogP contribution is -2.51. The number of hydrogen-bond donors (Lipinski definition) is 0. The number of benzene rings is 2. The zero-order chi connectivity index (χ0) is 26.7. The molecule has 1 saturated heterocycles. The van der Waals surface area contributed by atoms with Crippen LogP contribution in [-0.4, -0.2) is 86.5 Å². The van der Waals surface area contributed by atoms with Gasteiger partial charge in [0.15, 0.2) is 0 Å². The fourth-order valence-electron chi connectivity index (χ4n) is 5.36. The Bertz CT molecular complexity index is 1070. The van der Waals surface area contributed by atoms with Crippen molar-refractivity contribution in [1.82, 2.24) is 14.7 Å². The Morgan fingerprint density at radius 3 is 2.32 bits per heavy atom. The summed E-state index contributed by atoms with van der Waals surface area (Å²) in [5, 5.41) is 0. The molecule has 0 atom stereocenters. The van der Waals surface area contributed by atoms with E-state index >= 15 is 0 Å². The van der Waals surface area contributed by atoms with Crippen LogP contribution in [0.1, 0.15) is 48.0 Å². The highest BCUT2D eigenvalue weighted by Crippen LogP contribution is 2.26. The first kappa shape index (κ1) is 27.7. The average molecular weight is 520 g/mol. The number of amides is 2. The SMILES string of the molecule is COc1ccc(C(=O)N2CCN(CCN(CC=Cc3ccccc3OC)C(=O)C3CCCCC3)CC2)cc1. The largest absolute Gasteiger partial charge is 0.497 e. The molecule has 7 heteroatoms. The van der Waals surface area contributed by atoms with Gasteiger partial charge in [-0.05, 0) is 43.2 Å². The van der Waals surface area contributed by atoms with E-state index in [1.807, 2.05) is 64.4 Å². The molecule has 0 unspecified atom stereocenters. The van der Waals surface area contributed by atoms with Crippen LogP contribution >= 0.6 is 0 Å². The van der Waals surface area contributed by atoms with Gasteiger partial charge in [0, 0.05) is 62.9 Å². The summed E-state index contributed by atoms with van der Waals surface area (Å²) in [6.45, 7) is 5.09. The Balaban J connectivity index is 1.32. The van der Waals surface area contributed by atoms with Gasteiger partial charge in [-0.15, -0.1) is 0 Å². The highest BCUT2D eigenvalue weighted by molar-refractivity contribution is 5.94. The molecule has 1 aliphatic heterocycles. The summed E-state index contributed by atoms with van der Waals surface area (Å²) in [4.78, 5) is 32.7. The number of nitrogens with zero attached hydrogens (tertiary/aromatic N) is 3. The number of methoxy groups -OCH3 is 2. The van der Waals surface area contributed by atoms with Crippen LogP contribution in [0.5, 0.6) is 11.5 Å². The second-order valence-electron chi connectivity index (χ2n) is 10.1. The van der Waals surface area contributed by atoms with Crippen LogP contribution in [0, 0.1) is 5.92 Å². The zero-order valence-corrected chi connectivity index (χ0v) is 22.8. The third-order valence-electron chi connectivity index (χ3n) is 7.71. The van der Waals surface area contributed by atoms with Gasteiger partial charge in [-0.3, -0.25) is 14.5 Å². The number of carbonyl (C=O) groups is 2. The Morgan fingerprint density at radius 1 is 0.921 bits per heavy atom. The monoisotopic (exact) mass is 519 g/mol. The van der Waals surface area contributed by atoms with E-state index in [0.29, 0.717) is 31.7 Å². The first-order valence-corrected chi connectivity index (χ1v) is 13.8. The maximum absolute atomic E-state index is 13.5. The van der Waals surface area contributed by atoms with Gasteiger partial charge in [0.2, 0.25) is 5.91 Å². The molecule has 2 aromatic carbocycles. The quantitative estimate of drug-likeness (QED) is 0.460. The molecule has 2 aromatic rings. The number of carbonyl (C=O) groups excluding carboxylic acids is 2. The first-order chi connectivity index (χ1) is 18.6. The third kappa shape index (κ3) is 7.38. The Kier molecular flexibility index (Phi) is 10.2. The van der Waals surface area contributed by atoms with Crippen LogP contribution in [0.2, 0.25) is 0 Å². The van der Waals surface area contributed by atoms with Crippen molar-refractivity contribution in [2.75, 3.05) is 60.0 Å². The number of rotatable bonds is 10. The molecule has 0 radical (unpaired) electrons. The molecule has 2 amide bonds. The van der Waals surface area contributed by atoms with Gasteiger partial charge >= 0.3 is 0 Å². The number of piperazine rings is 1. The molecule has 4 rings (SSSR count). The zero-order valence-electron chi connectivity index (χ0n) is 22.8. The van der Waals surface area contributed by atoms with Gasteiger partial charge in [-0.1, -0.05) is 49.6 Å². The lowest BCUT2D eigenvalue weighted by Gasteiger charge is -2.36. The van der Waals surface area contributed by atoms with Crippen molar-refractivity contribution in [3.63, 3.8) is 0 Å². The van der Waals surface area contributed by atoms with E-state index in [-0.39, 0.29) is 17.7 Å². The highest BCUT2D eigenvalue weighted by Gasteiger charge is 2.27. The van der Waals surface area contributed by atoms with E-state index < -0.39 is 0 Å². The first-order valence-electron chi connectivity index (χ1n) is 13.8. The fourth-order valence-corrected chi connectivity index (χ4v) is 5.36. The molecular formula is C31H41N3O4. The van der Waals surface area contributed by atoms with E-state index in [2.05, 4.69) is 11.0 Å². The van der Waals surface area contributed by atoms with Crippen LogP contribution in [0.25, 0.3) is 6.08 Å². The van der Waals surface area contributed by atoms with E-state index in [9.17, 15) is 9.59 Å². The minimum atomic E-state index is 0.0582. The molecule has 1 aliphatic carbocycles. The molecule has 0 N–H and O–H groups in total. The predicted molar refractivity (Wildman–Crippen MR) is 151 cm³/mol. The minimum Gasteiger partial charge on any atom is -0.497 e. The summed E-state index contributed by atoms with van der Waals surface area (Å²) in [5.74, 6) is 2.06. The summed E-state index contributed by atoms with van der Waals surface area (Å²) in [5.41, 5.74) is 1.70. The van der Waals surface area contributed by atoms with Crippen LogP contribution in [-0.2, 0) is 4.79 Å². The third-order valence-corrected chi connectivity index (χ3v) is 7.71. The Hall–Kier alpha value is -3.32. The van der Waals surface area contributed by atoms with Crippen LogP contribution in [0.4, 0.5) is 0 Å². The summed E-state index contributed by atoms with van der Waals surface area (Å²) < 4.78 is 10.7. The smallest absolute Gasteiger partial charge is 0.253 e. The summed E-state index contributed by atoms with van der Waals surface area (Å²) in [6, 6.07) is 15.2. The molecule has 0 bridgehead atoms. The minimum absolute atomic E-state index is 0.0582. The van der Waals surface area contributed by atoms with Gasteiger partial charge < -0.3 is 19.3 Å². The van der Waals surface area contributed by atoms with Crippen LogP contribution < -0.4 is 9.47 Å². The van der Waals surface area contributed by atoms with E-state index in [1.54, 1.807) is 14.2 Å². The van der Waals surface area contributed by atoms with Gasteiger partial charge in [0.25, 0.3) is 5.91 Å². The van der Waals surface area contributed by atoms with Crippen molar-refractivity contribution >= 4 is 17.9 Å². The molecule has 38 heavy (non-hydrogen) atoms. The maximum Gasteiger partial charge on any atom is 0.253 e. The second-order valence-corrected chi connectivity index (χ2v) is 10.1. The Morgan fingerprint density at radius 2 is 1.63 bits per heavy atom. The highest BCUT2D eigenvalue weighted by atomic mass is 16.5. The van der Waals surface area contributed by atoms with Crippen molar-refractivity contribution in [2.45, 2.75) is 32.1 Å². The molecule has 0 spiro atoms. The van der Waals surface area contributed by atoms with Crippen LogP contribution in [0.3, 0.4) is 0 Å². The van der Waals surface area contributed by atoms with Crippen LogP contribution in [0.15, 0.2) is 54.6 Å². The normalized spacial score (nSPS) is 16.9. The summed E-state index contributed by atoms with van der Waals surface area (Å²) >= 11 is 0. The van der Waals surface area contributed by atoms with Crippen molar-refractivity contribution in [2.24, 2.45) is 5.92 Å². The fraction of sp³-hybridized carbons (Fsp3) is 0.484. The molecule has 1 heterocycles. The van der Waals surface area contributed by atoms with E-state index in [0.717, 1.165) is 62.4 Å².